The minimum atomic E-state index is -0.517. The molecule has 0 unspecified atom stereocenters. The average molecular weight is 284 g/mol. The molecule has 0 saturated heterocycles. The summed E-state index contributed by atoms with van der Waals surface area (Å²) in [4.78, 5) is 7.70. The van der Waals surface area contributed by atoms with Crippen LogP contribution in [0.25, 0.3) is 5.69 Å². The van der Waals surface area contributed by atoms with Gasteiger partial charge in [-0.1, -0.05) is 6.92 Å². The highest BCUT2D eigenvalue weighted by atomic mass is 19.1. The van der Waals surface area contributed by atoms with E-state index in [2.05, 4.69) is 15.1 Å². The Bertz CT molecular complexity index is 726. The van der Waals surface area contributed by atoms with Crippen molar-refractivity contribution in [2.75, 3.05) is 0 Å². The lowest BCUT2D eigenvalue weighted by molar-refractivity contribution is 0.415. The summed E-state index contributed by atoms with van der Waals surface area (Å²) in [5.41, 5.74) is 1.23. The SMILES string of the molecule is CCc1ncnc(Oc2ccc(-n3cccn3)cc2)c1F. The molecule has 3 rings (SSSR count). The van der Waals surface area contributed by atoms with E-state index < -0.39 is 5.82 Å². The van der Waals surface area contributed by atoms with Crippen LogP contribution in [0.2, 0.25) is 0 Å². The predicted octanol–water partition coefficient (Wildman–Crippen LogP) is 3.16. The zero-order valence-electron chi connectivity index (χ0n) is 11.4. The van der Waals surface area contributed by atoms with E-state index in [1.54, 1.807) is 23.0 Å². The van der Waals surface area contributed by atoms with Gasteiger partial charge in [0.05, 0.1) is 11.4 Å². The van der Waals surface area contributed by atoms with E-state index in [9.17, 15) is 4.39 Å². The highest BCUT2D eigenvalue weighted by Crippen LogP contribution is 2.24. The first-order chi connectivity index (χ1) is 10.3. The molecule has 0 aliphatic carbocycles. The van der Waals surface area contributed by atoms with Gasteiger partial charge in [-0.05, 0) is 36.8 Å². The van der Waals surface area contributed by atoms with E-state index in [-0.39, 0.29) is 5.88 Å². The van der Waals surface area contributed by atoms with Gasteiger partial charge < -0.3 is 4.74 Å². The van der Waals surface area contributed by atoms with Gasteiger partial charge in [0.1, 0.15) is 12.1 Å². The fraction of sp³-hybridized carbons (Fsp3) is 0.133. The monoisotopic (exact) mass is 284 g/mol. The number of hydrogen-bond donors (Lipinski definition) is 0. The van der Waals surface area contributed by atoms with Crippen molar-refractivity contribution in [3.8, 4) is 17.3 Å². The molecule has 0 aliphatic heterocycles. The number of benzene rings is 1. The molecule has 2 aromatic heterocycles. The van der Waals surface area contributed by atoms with Gasteiger partial charge in [0, 0.05) is 12.4 Å². The second kappa shape index (κ2) is 5.70. The van der Waals surface area contributed by atoms with Crippen LogP contribution in [0.3, 0.4) is 0 Å². The van der Waals surface area contributed by atoms with Crippen molar-refractivity contribution in [2.45, 2.75) is 13.3 Å². The molecular formula is C15H13FN4O. The summed E-state index contributed by atoms with van der Waals surface area (Å²) in [5.74, 6) is -0.0737. The molecule has 3 aromatic rings. The first-order valence-corrected chi connectivity index (χ1v) is 6.55. The molecule has 2 heterocycles. The standard InChI is InChI=1S/C15H13FN4O/c1-2-13-14(16)15(18-10-17-13)21-12-6-4-11(5-7-12)20-9-3-8-19-20/h3-10H,2H2,1H3. The largest absolute Gasteiger partial charge is 0.436 e. The lowest BCUT2D eigenvalue weighted by atomic mass is 10.3. The van der Waals surface area contributed by atoms with Crippen molar-refractivity contribution in [1.82, 2.24) is 19.7 Å². The van der Waals surface area contributed by atoms with Crippen LogP contribution in [-0.2, 0) is 6.42 Å². The zero-order valence-corrected chi connectivity index (χ0v) is 11.4. The smallest absolute Gasteiger partial charge is 0.259 e. The summed E-state index contributed by atoms with van der Waals surface area (Å²) in [6.45, 7) is 1.83. The molecule has 6 heteroatoms. The number of rotatable bonds is 4. The third-order valence-corrected chi connectivity index (χ3v) is 2.98. The normalized spacial score (nSPS) is 10.6. The Morgan fingerprint density at radius 3 is 2.67 bits per heavy atom. The maximum absolute atomic E-state index is 14.0. The second-order valence-corrected chi connectivity index (χ2v) is 4.34. The summed E-state index contributed by atoms with van der Waals surface area (Å²) < 4.78 is 21.2. The van der Waals surface area contributed by atoms with Crippen molar-refractivity contribution < 1.29 is 9.13 Å². The van der Waals surface area contributed by atoms with Crippen LogP contribution >= 0.6 is 0 Å². The van der Waals surface area contributed by atoms with E-state index in [4.69, 9.17) is 4.74 Å². The first-order valence-electron chi connectivity index (χ1n) is 6.55. The molecule has 5 nitrogen and oxygen atoms in total. The van der Waals surface area contributed by atoms with Crippen LogP contribution in [0.15, 0.2) is 49.1 Å². The Morgan fingerprint density at radius 2 is 2.00 bits per heavy atom. The zero-order chi connectivity index (χ0) is 14.7. The summed E-state index contributed by atoms with van der Waals surface area (Å²) >= 11 is 0. The quantitative estimate of drug-likeness (QED) is 0.738. The molecular weight excluding hydrogens is 271 g/mol. The van der Waals surface area contributed by atoms with Crippen molar-refractivity contribution in [2.24, 2.45) is 0 Å². The maximum atomic E-state index is 14.0. The highest BCUT2D eigenvalue weighted by Gasteiger charge is 2.11. The van der Waals surface area contributed by atoms with Crippen LogP contribution in [-0.4, -0.2) is 19.7 Å². The van der Waals surface area contributed by atoms with Crippen molar-refractivity contribution in [3.05, 3.63) is 60.6 Å². The van der Waals surface area contributed by atoms with Crippen molar-refractivity contribution >= 4 is 0 Å². The molecule has 0 atom stereocenters. The predicted molar refractivity (Wildman–Crippen MR) is 75.0 cm³/mol. The fourth-order valence-corrected chi connectivity index (χ4v) is 1.91. The minimum Gasteiger partial charge on any atom is -0.436 e. The van der Waals surface area contributed by atoms with Gasteiger partial charge in [-0.2, -0.15) is 14.5 Å². The van der Waals surface area contributed by atoms with E-state index in [1.807, 2.05) is 31.3 Å². The number of halogens is 1. The van der Waals surface area contributed by atoms with Crippen LogP contribution in [0.4, 0.5) is 4.39 Å². The maximum Gasteiger partial charge on any atom is 0.259 e. The van der Waals surface area contributed by atoms with Gasteiger partial charge in [-0.25, -0.2) is 9.67 Å². The van der Waals surface area contributed by atoms with Gasteiger partial charge in [0.2, 0.25) is 5.82 Å². The summed E-state index contributed by atoms with van der Waals surface area (Å²) in [6.07, 6.45) is 5.33. The van der Waals surface area contributed by atoms with Crippen LogP contribution in [0, 0.1) is 5.82 Å². The number of nitrogens with zero attached hydrogens (tertiary/aromatic N) is 4. The van der Waals surface area contributed by atoms with E-state index >= 15 is 0 Å². The topological polar surface area (TPSA) is 52.8 Å². The molecule has 0 spiro atoms. The Morgan fingerprint density at radius 1 is 1.19 bits per heavy atom. The van der Waals surface area contributed by atoms with Crippen LogP contribution < -0.4 is 4.74 Å². The lowest BCUT2D eigenvalue weighted by Crippen LogP contribution is -1.99. The van der Waals surface area contributed by atoms with Gasteiger partial charge in [0.25, 0.3) is 5.88 Å². The van der Waals surface area contributed by atoms with Crippen LogP contribution in [0.1, 0.15) is 12.6 Å². The molecule has 0 aliphatic rings. The average Bonchev–Trinajstić information content (AvgIpc) is 3.04. The highest BCUT2D eigenvalue weighted by molar-refractivity contribution is 5.38. The molecule has 1 aromatic carbocycles. The Labute approximate surface area is 121 Å². The van der Waals surface area contributed by atoms with Crippen molar-refractivity contribution in [3.63, 3.8) is 0 Å². The number of aryl methyl sites for hydroxylation is 1. The molecule has 0 fully saturated rings. The number of hydrogen-bond acceptors (Lipinski definition) is 4. The second-order valence-electron chi connectivity index (χ2n) is 4.34. The van der Waals surface area contributed by atoms with Gasteiger partial charge in [0.15, 0.2) is 0 Å². The molecule has 0 radical (unpaired) electrons. The number of aromatic nitrogens is 4. The Kier molecular flexibility index (Phi) is 3.59. The van der Waals surface area contributed by atoms with E-state index in [0.29, 0.717) is 17.9 Å². The number of ether oxygens (including phenoxy) is 1. The minimum absolute atomic E-state index is 0.0614. The van der Waals surface area contributed by atoms with Gasteiger partial charge in [-0.15, -0.1) is 0 Å². The molecule has 0 amide bonds. The van der Waals surface area contributed by atoms with Crippen molar-refractivity contribution in [1.29, 1.82) is 0 Å². The Hall–Kier alpha value is -2.76. The van der Waals surface area contributed by atoms with Gasteiger partial charge >= 0.3 is 0 Å². The summed E-state index contributed by atoms with van der Waals surface area (Å²) in [6, 6.07) is 8.99. The van der Waals surface area contributed by atoms with Gasteiger partial charge in [-0.3, -0.25) is 0 Å². The lowest BCUT2D eigenvalue weighted by Gasteiger charge is -2.08. The Balaban J connectivity index is 1.83. The fourth-order valence-electron chi connectivity index (χ4n) is 1.91. The molecule has 0 saturated carbocycles. The van der Waals surface area contributed by atoms with E-state index in [1.165, 1.54) is 6.33 Å². The summed E-state index contributed by atoms with van der Waals surface area (Å²) in [5, 5.41) is 4.13. The molecule has 106 valence electrons. The molecule has 0 N–H and O–H groups in total. The third kappa shape index (κ3) is 2.74. The summed E-state index contributed by atoms with van der Waals surface area (Å²) in [7, 11) is 0. The molecule has 21 heavy (non-hydrogen) atoms. The van der Waals surface area contributed by atoms with E-state index in [0.717, 1.165) is 5.69 Å². The van der Waals surface area contributed by atoms with Crippen LogP contribution in [0.5, 0.6) is 11.6 Å². The molecule has 0 bridgehead atoms. The first kappa shape index (κ1) is 13.2. The third-order valence-electron chi connectivity index (χ3n) is 2.98.